The van der Waals surface area contributed by atoms with E-state index in [4.69, 9.17) is 0 Å². The molecule has 0 aliphatic carbocycles. The Morgan fingerprint density at radius 2 is 1.67 bits per heavy atom. The third kappa shape index (κ3) is 2.54. The minimum atomic E-state index is -0.918. The summed E-state index contributed by atoms with van der Waals surface area (Å²) in [6.45, 7) is 0. The largest absolute Gasteiger partial charge is 0.336 e. The van der Waals surface area contributed by atoms with E-state index in [1.54, 1.807) is 6.07 Å². The maximum atomic E-state index is 13.9. The Kier molecular flexibility index (Phi) is 3.84. The van der Waals surface area contributed by atoms with E-state index in [9.17, 15) is 22.8 Å². The van der Waals surface area contributed by atoms with E-state index in [2.05, 4.69) is 0 Å². The average Bonchev–Trinajstić information content (AvgIpc) is 2.76. The molecule has 0 atom stereocenters. The van der Waals surface area contributed by atoms with Crippen molar-refractivity contribution in [1.29, 1.82) is 0 Å². The second-order valence-corrected chi connectivity index (χ2v) is 5.13. The van der Waals surface area contributed by atoms with Crippen LogP contribution in [-0.4, -0.2) is 23.9 Å². The lowest BCUT2D eigenvalue weighted by Gasteiger charge is -2.14. The molecular weight excluding hydrogens is 321 g/mol. The summed E-state index contributed by atoms with van der Waals surface area (Å²) in [6.07, 6.45) is 1.19. The van der Waals surface area contributed by atoms with E-state index in [0.29, 0.717) is 4.90 Å². The Morgan fingerprint density at radius 3 is 2.38 bits per heavy atom. The van der Waals surface area contributed by atoms with E-state index < -0.39 is 35.1 Å². The van der Waals surface area contributed by atoms with Crippen LogP contribution in [0, 0.1) is 17.5 Å². The monoisotopic (exact) mass is 332 g/mol. The van der Waals surface area contributed by atoms with E-state index in [-0.39, 0.29) is 11.3 Å². The highest BCUT2D eigenvalue weighted by Gasteiger charge is 2.41. The Balaban J connectivity index is 2.07. The second-order valence-electron chi connectivity index (χ2n) is 5.13. The molecule has 1 heterocycles. The predicted octanol–water partition coefficient (Wildman–Crippen LogP) is 3.54. The van der Waals surface area contributed by atoms with Crippen molar-refractivity contribution >= 4 is 23.7 Å². The van der Waals surface area contributed by atoms with Gasteiger partial charge in [-0.25, -0.2) is 22.9 Å². The van der Waals surface area contributed by atoms with Crippen LogP contribution < -0.4 is 4.90 Å². The number of hydrogen-bond acceptors (Lipinski definition) is 2. The minimum absolute atomic E-state index is 0.0991. The standard InChI is InChI=1S/C17H11F3N2O2/c1-21-15(8-10-4-2-3-5-12(10)19)16(23)22(17(21)24)14-9-11(18)6-7-13(14)20/h2-9H,1H3. The quantitative estimate of drug-likeness (QED) is 0.623. The van der Waals surface area contributed by atoms with Crippen LogP contribution in [0.15, 0.2) is 48.2 Å². The van der Waals surface area contributed by atoms with Crippen molar-refractivity contribution in [2.45, 2.75) is 0 Å². The van der Waals surface area contributed by atoms with Crippen molar-refractivity contribution in [1.82, 2.24) is 4.90 Å². The summed E-state index contributed by atoms with van der Waals surface area (Å²) in [6, 6.07) is 7.29. The van der Waals surface area contributed by atoms with Gasteiger partial charge in [0, 0.05) is 18.7 Å². The zero-order valence-corrected chi connectivity index (χ0v) is 12.5. The molecule has 3 amide bonds. The molecule has 7 heteroatoms. The zero-order valence-electron chi connectivity index (χ0n) is 12.5. The SMILES string of the molecule is CN1C(=O)N(c2cc(F)ccc2F)C(=O)C1=Cc1ccccc1F. The molecule has 1 saturated heterocycles. The summed E-state index contributed by atoms with van der Waals surface area (Å²) in [5, 5.41) is 0. The zero-order chi connectivity index (χ0) is 17.4. The van der Waals surface area contributed by atoms with Gasteiger partial charge in [-0.3, -0.25) is 9.69 Å². The highest BCUT2D eigenvalue weighted by molar-refractivity contribution is 6.28. The van der Waals surface area contributed by atoms with Crippen LogP contribution in [0.2, 0.25) is 0 Å². The molecule has 0 bridgehead atoms. The number of anilines is 1. The fourth-order valence-corrected chi connectivity index (χ4v) is 2.37. The summed E-state index contributed by atoms with van der Waals surface area (Å²) < 4.78 is 41.0. The van der Waals surface area contributed by atoms with Gasteiger partial charge in [0.1, 0.15) is 23.1 Å². The van der Waals surface area contributed by atoms with E-state index in [1.807, 2.05) is 0 Å². The Bertz CT molecular complexity index is 880. The molecule has 4 nitrogen and oxygen atoms in total. The fraction of sp³-hybridized carbons (Fsp3) is 0.0588. The van der Waals surface area contributed by atoms with Crippen molar-refractivity contribution < 1.29 is 22.8 Å². The third-order valence-electron chi connectivity index (χ3n) is 3.61. The number of rotatable bonds is 2. The molecule has 122 valence electrons. The van der Waals surface area contributed by atoms with Crippen molar-refractivity contribution in [3.05, 3.63) is 71.2 Å². The molecule has 0 radical (unpaired) electrons. The number of likely N-dealkylation sites (N-methyl/N-ethyl adjacent to an activating group) is 1. The molecular formula is C17H11F3N2O2. The summed E-state index contributed by atoms with van der Waals surface area (Å²) >= 11 is 0. The Hall–Kier alpha value is -3.09. The number of nitrogens with zero attached hydrogens (tertiary/aromatic N) is 2. The first kappa shape index (κ1) is 15.8. The predicted molar refractivity (Wildman–Crippen MR) is 81.4 cm³/mol. The molecule has 1 aliphatic rings. The van der Waals surface area contributed by atoms with Gasteiger partial charge in [0.05, 0.1) is 5.69 Å². The Morgan fingerprint density at radius 1 is 0.958 bits per heavy atom. The molecule has 0 saturated carbocycles. The van der Waals surface area contributed by atoms with Gasteiger partial charge in [0.15, 0.2) is 0 Å². The smallest absolute Gasteiger partial charge is 0.292 e. The first-order chi connectivity index (χ1) is 11.4. The number of hydrogen-bond donors (Lipinski definition) is 0. The topological polar surface area (TPSA) is 40.6 Å². The van der Waals surface area contributed by atoms with Crippen LogP contribution >= 0.6 is 0 Å². The molecule has 2 aromatic rings. The molecule has 0 spiro atoms. The van der Waals surface area contributed by atoms with Crippen LogP contribution in [0.4, 0.5) is 23.7 Å². The number of amides is 3. The lowest BCUT2D eigenvalue weighted by atomic mass is 10.1. The van der Waals surface area contributed by atoms with Gasteiger partial charge in [-0.2, -0.15) is 0 Å². The average molecular weight is 332 g/mol. The van der Waals surface area contributed by atoms with E-state index in [0.717, 1.165) is 23.1 Å². The van der Waals surface area contributed by atoms with Crippen molar-refractivity contribution in [2.24, 2.45) is 0 Å². The first-order valence-corrected chi connectivity index (χ1v) is 6.93. The van der Waals surface area contributed by atoms with Gasteiger partial charge in [0.2, 0.25) is 0 Å². The number of urea groups is 1. The summed E-state index contributed by atoms with van der Waals surface area (Å²) in [4.78, 5) is 26.2. The summed E-state index contributed by atoms with van der Waals surface area (Å²) in [5.74, 6) is -3.15. The van der Waals surface area contributed by atoms with E-state index in [1.165, 1.54) is 31.3 Å². The van der Waals surface area contributed by atoms with Crippen LogP contribution in [0.1, 0.15) is 5.56 Å². The molecule has 2 aromatic carbocycles. The van der Waals surface area contributed by atoms with Gasteiger partial charge in [0.25, 0.3) is 5.91 Å². The molecule has 1 aliphatic heterocycles. The number of halogens is 3. The van der Waals surface area contributed by atoms with Gasteiger partial charge >= 0.3 is 6.03 Å². The van der Waals surface area contributed by atoms with Crippen molar-refractivity contribution in [3.8, 4) is 0 Å². The van der Waals surface area contributed by atoms with Gasteiger partial charge < -0.3 is 0 Å². The number of carbonyl (C=O) groups excluding carboxylic acids is 2. The number of carbonyl (C=O) groups is 2. The maximum Gasteiger partial charge on any atom is 0.336 e. The third-order valence-corrected chi connectivity index (χ3v) is 3.61. The minimum Gasteiger partial charge on any atom is -0.292 e. The van der Waals surface area contributed by atoms with Crippen LogP contribution in [-0.2, 0) is 4.79 Å². The molecule has 0 unspecified atom stereocenters. The normalized spacial score (nSPS) is 16.4. The number of imide groups is 1. The van der Waals surface area contributed by atoms with Gasteiger partial charge in [-0.05, 0) is 24.3 Å². The molecule has 0 aromatic heterocycles. The Labute approximate surface area is 135 Å². The lowest BCUT2D eigenvalue weighted by Crippen LogP contribution is -2.32. The second kappa shape index (κ2) is 5.84. The van der Waals surface area contributed by atoms with Crippen molar-refractivity contribution in [3.63, 3.8) is 0 Å². The summed E-state index contributed by atoms with van der Waals surface area (Å²) in [5.41, 5.74) is -0.537. The summed E-state index contributed by atoms with van der Waals surface area (Å²) in [7, 11) is 1.30. The van der Waals surface area contributed by atoms with E-state index >= 15 is 0 Å². The number of benzene rings is 2. The van der Waals surface area contributed by atoms with Crippen molar-refractivity contribution in [2.75, 3.05) is 11.9 Å². The van der Waals surface area contributed by atoms with Crippen LogP contribution in [0.25, 0.3) is 6.08 Å². The first-order valence-electron chi connectivity index (χ1n) is 6.93. The molecule has 1 fully saturated rings. The van der Waals surface area contributed by atoms with Gasteiger partial charge in [-0.15, -0.1) is 0 Å². The molecule has 3 rings (SSSR count). The van der Waals surface area contributed by atoms with Crippen LogP contribution in [0.5, 0.6) is 0 Å². The highest BCUT2D eigenvalue weighted by atomic mass is 19.1. The maximum absolute atomic E-state index is 13.9. The fourth-order valence-electron chi connectivity index (χ4n) is 2.37. The highest BCUT2D eigenvalue weighted by Crippen LogP contribution is 2.30. The van der Waals surface area contributed by atoms with Crippen LogP contribution in [0.3, 0.4) is 0 Å². The lowest BCUT2D eigenvalue weighted by molar-refractivity contribution is -0.114. The van der Waals surface area contributed by atoms with Gasteiger partial charge in [-0.1, -0.05) is 18.2 Å². The molecule has 24 heavy (non-hydrogen) atoms. The molecule has 0 N–H and O–H groups in total.